The van der Waals surface area contributed by atoms with Crippen molar-refractivity contribution in [2.45, 2.75) is 12.5 Å². The van der Waals surface area contributed by atoms with Crippen molar-refractivity contribution >= 4 is 11.9 Å². The zero-order valence-corrected chi connectivity index (χ0v) is 14.0. The first-order chi connectivity index (χ1) is 12.5. The molecule has 136 valence electrons. The molecule has 0 saturated carbocycles. The van der Waals surface area contributed by atoms with E-state index in [9.17, 15) is 18.4 Å². The van der Waals surface area contributed by atoms with Crippen LogP contribution in [-0.4, -0.2) is 25.5 Å². The lowest BCUT2D eigenvalue weighted by Crippen LogP contribution is -2.28. The quantitative estimate of drug-likeness (QED) is 0.657. The van der Waals surface area contributed by atoms with Crippen LogP contribution in [0, 0.1) is 17.6 Å². The zero-order chi connectivity index (χ0) is 18.7. The number of carbonyl (C=O) groups excluding carboxylic acids is 2. The number of methoxy groups -OCH3 is 1. The predicted octanol–water partition coefficient (Wildman–Crippen LogP) is 2.55. The maximum Gasteiger partial charge on any atom is 0.318 e. The molecule has 26 heavy (non-hydrogen) atoms. The van der Waals surface area contributed by atoms with Crippen LogP contribution in [0.15, 0.2) is 42.5 Å². The number of amides is 1. The number of carbonyl (C=O) groups is 2. The van der Waals surface area contributed by atoms with E-state index >= 15 is 0 Å². The highest BCUT2D eigenvalue weighted by atomic mass is 19.1. The molecule has 1 N–H and O–H groups in total. The van der Waals surface area contributed by atoms with E-state index in [-0.39, 0.29) is 24.5 Å². The molecular weight excluding hydrogens is 344 g/mol. The number of rotatable bonds is 5. The lowest BCUT2D eigenvalue weighted by molar-refractivity contribution is -0.149. The molecule has 5 nitrogen and oxygen atoms in total. The first-order valence-corrected chi connectivity index (χ1v) is 8.02. The summed E-state index contributed by atoms with van der Waals surface area (Å²) in [7, 11) is 1.12. The monoisotopic (exact) mass is 361 g/mol. The van der Waals surface area contributed by atoms with Crippen molar-refractivity contribution in [2.24, 2.45) is 5.92 Å². The van der Waals surface area contributed by atoms with Crippen LogP contribution in [-0.2, 0) is 20.9 Å². The third-order valence-corrected chi connectivity index (χ3v) is 4.31. The fourth-order valence-corrected chi connectivity index (χ4v) is 3.03. The van der Waals surface area contributed by atoms with Gasteiger partial charge in [0.2, 0.25) is 5.91 Å². The van der Waals surface area contributed by atoms with Crippen LogP contribution >= 0.6 is 0 Å². The molecule has 2 atom stereocenters. The van der Waals surface area contributed by atoms with Gasteiger partial charge < -0.3 is 14.8 Å². The number of hydrogen-bond donors (Lipinski definition) is 1. The maximum absolute atomic E-state index is 14.5. The zero-order valence-electron chi connectivity index (χ0n) is 14.0. The van der Waals surface area contributed by atoms with Crippen LogP contribution < -0.4 is 10.1 Å². The number of hydrogen-bond acceptors (Lipinski definition) is 4. The Hall–Kier alpha value is -2.96. The Balaban J connectivity index is 1.83. The average molecular weight is 361 g/mol. The molecule has 1 aliphatic rings. The van der Waals surface area contributed by atoms with Gasteiger partial charge >= 0.3 is 5.97 Å². The van der Waals surface area contributed by atoms with Crippen molar-refractivity contribution in [1.29, 1.82) is 0 Å². The van der Waals surface area contributed by atoms with Crippen LogP contribution in [0.1, 0.15) is 17.0 Å². The minimum absolute atomic E-state index is 0.0273. The molecule has 1 heterocycles. The Bertz CT molecular complexity index is 803. The average Bonchev–Trinajstić information content (AvgIpc) is 3.01. The summed E-state index contributed by atoms with van der Waals surface area (Å²) < 4.78 is 39.1. The van der Waals surface area contributed by atoms with Crippen molar-refractivity contribution in [2.75, 3.05) is 13.7 Å². The molecule has 3 rings (SSSR count). The summed E-state index contributed by atoms with van der Waals surface area (Å²) in [6.07, 6.45) is 0. The largest absolute Gasteiger partial charge is 0.489 e. The Morgan fingerprint density at radius 2 is 1.85 bits per heavy atom. The lowest BCUT2D eigenvalue weighted by atomic mass is 9.87. The van der Waals surface area contributed by atoms with Gasteiger partial charge in [-0.2, -0.15) is 0 Å². The van der Waals surface area contributed by atoms with Gasteiger partial charge in [-0.15, -0.1) is 0 Å². The fourth-order valence-electron chi connectivity index (χ4n) is 3.03. The summed E-state index contributed by atoms with van der Waals surface area (Å²) in [5.41, 5.74) is 0.527. The molecule has 0 aromatic heterocycles. The fraction of sp³-hybridized carbons (Fsp3) is 0.263. The Kier molecular flexibility index (Phi) is 5.16. The van der Waals surface area contributed by atoms with E-state index in [4.69, 9.17) is 4.74 Å². The molecule has 1 fully saturated rings. The summed E-state index contributed by atoms with van der Waals surface area (Å²) in [6.45, 7) is 0.115. The summed E-state index contributed by atoms with van der Waals surface area (Å²) >= 11 is 0. The van der Waals surface area contributed by atoms with Gasteiger partial charge in [0, 0.05) is 30.2 Å². The van der Waals surface area contributed by atoms with E-state index in [0.717, 1.165) is 24.8 Å². The molecule has 0 aliphatic carbocycles. The Morgan fingerprint density at radius 1 is 1.19 bits per heavy atom. The predicted molar refractivity (Wildman–Crippen MR) is 88.4 cm³/mol. The van der Waals surface area contributed by atoms with Crippen LogP contribution in [0.4, 0.5) is 8.78 Å². The molecule has 2 aromatic carbocycles. The second-order valence-electron chi connectivity index (χ2n) is 5.93. The molecule has 0 bridgehead atoms. The van der Waals surface area contributed by atoms with Crippen LogP contribution in [0.2, 0.25) is 0 Å². The van der Waals surface area contributed by atoms with Gasteiger partial charge in [0.25, 0.3) is 0 Å². The number of halogens is 2. The van der Waals surface area contributed by atoms with Crippen LogP contribution in [0.5, 0.6) is 5.75 Å². The minimum atomic E-state index is -1.28. The van der Waals surface area contributed by atoms with Gasteiger partial charge in [0.15, 0.2) is 0 Å². The second-order valence-corrected chi connectivity index (χ2v) is 5.93. The van der Waals surface area contributed by atoms with E-state index in [1.54, 1.807) is 0 Å². The summed E-state index contributed by atoms with van der Waals surface area (Å²) in [5, 5.41) is 2.44. The number of nitrogens with one attached hydrogen (secondary N) is 1. The SMILES string of the molecule is COC(=O)C1C(=O)NCC1c1c(F)cc(OCc2ccccc2)cc1F. The first kappa shape index (κ1) is 17.8. The van der Waals surface area contributed by atoms with E-state index in [1.165, 1.54) is 0 Å². The maximum atomic E-state index is 14.5. The summed E-state index contributed by atoms with van der Waals surface area (Å²) in [5.74, 6) is -5.40. The van der Waals surface area contributed by atoms with Gasteiger partial charge in [-0.05, 0) is 5.56 Å². The Labute approximate surface area is 148 Å². The normalized spacial score (nSPS) is 19.1. The minimum Gasteiger partial charge on any atom is -0.489 e. The molecule has 0 spiro atoms. The van der Waals surface area contributed by atoms with Crippen molar-refractivity contribution < 1.29 is 27.8 Å². The molecule has 2 unspecified atom stereocenters. The lowest BCUT2D eigenvalue weighted by Gasteiger charge is -2.17. The molecule has 7 heteroatoms. The third-order valence-electron chi connectivity index (χ3n) is 4.31. The van der Waals surface area contributed by atoms with Gasteiger partial charge in [-0.25, -0.2) is 8.78 Å². The number of benzene rings is 2. The topological polar surface area (TPSA) is 64.6 Å². The van der Waals surface area contributed by atoms with Crippen molar-refractivity contribution in [3.63, 3.8) is 0 Å². The summed E-state index contributed by atoms with van der Waals surface area (Å²) in [4.78, 5) is 23.6. The molecule has 1 aliphatic heterocycles. The van der Waals surface area contributed by atoms with Gasteiger partial charge in [-0.1, -0.05) is 30.3 Å². The van der Waals surface area contributed by atoms with Gasteiger partial charge in [0.05, 0.1) is 7.11 Å². The summed E-state index contributed by atoms with van der Waals surface area (Å²) in [6, 6.07) is 11.3. The van der Waals surface area contributed by atoms with E-state index in [1.807, 2.05) is 30.3 Å². The highest BCUT2D eigenvalue weighted by Crippen LogP contribution is 2.35. The van der Waals surface area contributed by atoms with Crippen molar-refractivity contribution in [3.8, 4) is 5.75 Å². The van der Waals surface area contributed by atoms with Gasteiger partial charge in [-0.3, -0.25) is 9.59 Å². The van der Waals surface area contributed by atoms with E-state index < -0.39 is 35.3 Å². The first-order valence-electron chi connectivity index (χ1n) is 8.02. The molecular formula is C19H17F2NO4. The Morgan fingerprint density at radius 3 is 2.46 bits per heavy atom. The van der Waals surface area contributed by atoms with E-state index in [0.29, 0.717) is 0 Å². The van der Waals surface area contributed by atoms with Gasteiger partial charge in [0.1, 0.15) is 29.9 Å². The smallest absolute Gasteiger partial charge is 0.318 e. The number of esters is 1. The molecule has 1 amide bonds. The van der Waals surface area contributed by atoms with Crippen molar-refractivity contribution in [3.05, 3.63) is 65.2 Å². The molecule has 1 saturated heterocycles. The third kappa shape index (κ3) is 3.51. The molecule has 0 radical (unpaired) electrons. The van der Waals surface area contributed by atoms with E-state index in [2.05, 4.69) is 10.1 Å². The van der Waals surface area contributed by atoms with Crippen LogP contribution in [0.3, 0.4) is 0 Å². The standard InChI is InChI=1S/C19H17F2NO4/c1-25-19(24)17-13(9-22-18(17)23)16-14(20)7-12(8-15(16)21)26-10-11-5-3-2-4-6-11/h2-8,13,17H,9-10H2,1H3,(H,22,23). The van der Waals surface area contributed by atoms with Crippen LogP contribution in [0.25, 0.3) is 0 Å². The highest BCUT2D eigenvalue weighted by molar-refractivity contribution is 6.00. The number of ether oxygens (including phenoxy) is 2. The second kappa shape index (κ2) is 7.51. The molecule has 2 aromatic rings. The highest BCUT2D eigenvalue weighted by Gasteiger charge is 2.44. The van der Waals surface area contributed by atoms with Crippen molar-refractivity contribution in [1.82, 2.24) is 5.32 Å².